The first kappa shape index (κ1) is 15.2. The van der Waals surface area contributed by atoms with Crippen LogP contribution in [0, 0.1) is 19.7 Å². The van der Waals surface area contributed by atoms with Crippen LogP contribution >= 0.6 is 15.9 Å². The predicted octanol–water partition coefficient (Wildman–Crippen LogP) is 4.90. The molecule has 106 valence electrons. The third-order valence-corrected chi connectivity index (χ3v) is 4.14. The zero-order valence-electron chi connectivity index (χ0n) is 12.0. The van der Waals surface area contributed by atoms with E-state index in [-0.39, 0.29) is 11.9 Å². The molecule has 0 fully saturated rings. The van der Waals surface area contributed by atoms with E-state index in [0.29, 0.717) is 0 Å². The zero-order chi connectivity index (χ0) is 14.7. The maximum absolute atomic E-state index is 13.6. The number of rotatable bonds is 4. The van der Waals surface area contributed by atoms with Crippen LogP contribution in [-0.4, -0.2) is 6.54 Å². The van der Waals surface area contributed by atoms with Crippen LogP contribution in [-0.2, 0) is 0 Å². The minimum atomic E-state index is -0.212. The van der Waals surface area contributed by atoms with Crippen LogP contribution in [0.3, 0.4) is 0 Å². The highest BCUT2D eigenvalue weighted by Gasteiger charge is 2.18. The average molecular weight is 336 g/mol. The van der Waals surface area contributed by atoms with Crippen LogP contribution in [0.4, 0.5) is 4.39 Å². The Morgan fingerprint density at radius 1 is 1.10 bits per heavy atom. The molecule has 2 aromatic carbocycles. The predicted molar refractivity (Wildman–Crippen MR) is 85.5 cm³/mol. The Bertz CT molecular complexity index is 610. The maximum atomic E-state index is 13.6. The first-order valence-corrected chi connectivity index (χ1v) is 7.57. The summed E-state index contributed by atoms with van der Waals surface area (Å²) in [6.45, 7) is 7.06. The van der Waals surface area contributed by atoms with Gasteiger partial charge in [0.05, 0.1) is 6.04 Å². The van der Waals surface area contributed by atoms with Gasteiger partial charge in [-0.25, -0.2) is 4.39 Å². The summed E-state index contributed by atoms with van der Waals surface area (Å²) < 4.78 is 14.5. The summed E-state index contributed by atoms with van der Waals surface area (Å²) in [5, 5.41) is 3.45. The summed E-state index contributed by atoms with van der Waals surface area (Å²) in [7, 11) is 0. The van der Waals surface area contributed by atoms with Gasteiger partial charge in [0.1, 0.15) is 5.82 Å². The Labute approximate surface area is 128 Å². The van der Waals surface area contributed by atoms with Gasteiger partial charge in [-0.1, -0.05) is 46.6 Å². The van der Waals surface area contributed by atoms with Gasteiger partial charge in [-0.05, 0) is 55.3 Å². The third kappa shape index (κ3) is 3.28. The quantitative estimate of drug-likeness (QED) is 0.837. The fourth-order valence-corrected chi connectivity index (χ4v) is 2.95. The van der Waals surface area contributed by atoms with Gasteiger partial charge in [0.15, 0.2) is 0 Å². The molecule has 2 rings (SSSR count). The van der Waals surface area contributed by atoms with Gasteiger partial charge in [0.2, 0.25) is 0 Å². The number of benzene rings is 2. The van der Waals surface area contributed by atoms with Crippen molar-refractivity contribution in [1.29, 1.82) is 0 Å². The van der Waals surface area contributed by atoms with Gasteiger partial charge in [-0.3, -0.25) is 0 Å². The van der Waals surface area contributed by atoms with Crippen molar-refractivity contribution in [3.05, 3.63) is 68.9 Å². The van der Waals surface area contributed by atoms with Crippen LogP contribution in [0.1, 0.15) is 35.2 Å². The minimum Gasteiger partial charge on any atom is -0.306 e. The molecule has 3 heteroatoms. The van der Waals surface area contributed by atoms with E-state index in [2.05, 4.69) is 60.2 Å². The SMILES string of the molecule is CCNC(c1ccc(C)cc1C)c1cc(F)ccc1Br. The highest BCUT2D eigenvalue weighted by molar-refractivity contribution is 9.10. The van der Waals surface area contributed by atoms with Crippen molar-refractivity contribution in [2.45, 2.75) is 26.8 Å². The summed E-state index contributed by atoms with van der Waals surface area (Å²) in [4.78, 5) is 0. The molecule has 2 aromatic rings. The molecule has 1 nitrogen and oxygen atoms in total. The molecular weight excluding hydrogens is 317 g/mol. The number of aryl methyl sites for hydroxylation is 2. The van der Waals surface area contributed by atoms with Crippen molar-refractivity contribution in [2.75, 3.05) is 6.54 Å². The number of nitrogens with one attached hydrogen (secondary N) is 1. The maximum Gasteiger partial charge on any atom is 0.123 e. The third-order valence-electron chi connectivity index (χ3n) is 3.41. The van der Waals surface area contributed by atoms with E-state index in [1.807, 2.05) is 0 Å². The Morgan fingerprint density at radius 2 is 1.85 bits per heavy atom. The minimum absolute atomic E-state index is 0.00863. The molecule has 0 bridgehead atoms. The van der Waals surface area contributed by atoms with Crippen molar-refractivity contribution in [1.82, 2.24) is 5.32 Å². The molecule has 0 amide bonds. The van der Waals surface area contributed by atoms with Gasteiger partial charge in [-0.15, -0.1) is 0 Å². The van der Waals surface area contributed by atoms with Crippen molar-refractivity contribution in [3.8, 4) is 0 Å². The molecular formula is C17H19BrFN. The van der Waals surface area contributed by atoms with E-state index in [9.17, 15) is 4.39 Å². The monoisotopic (exact) mass is 335 g/mol. The first-order valence-electron chi connectivity index (χ1n) is 6.78. The van der Waals surface area contributed by atoms with E-state index in [4.69, 9.17) is 0 Å². The van der Waals surface area contributed by atoms with E-state index < -0.39 is 0 Å². The number of halogens is 2. The first-order chi connectivity index (χ1) is 9.52. The number of hydrogen-bond acceptors (Lipinski definition) is 1. The second kappa shape index (κ2) is 6.51. The van der Waals surface area contributed by atoms with Crippen molar-refractivity contribution < 1.29 is 4.39 Å². The smallest absolute Gasteiger partial charge is 0.123 e. The van der Waals surface area contributed by atoms with Gasteiger partial charge < -0.3 is 5.32 Å². The molecule has 1 unspecified atom stereocenters. The second-order valence-electron chi connectivity index (χ2n) is 5.02. The Hall–Kier alpha value is -1.19. The lowest BCUT2D eigenvalue weighted by atomic mass is 9.93. The molecule has 0 spiro atoms. The standard InChI is InChI=1S/C17H19BrFN/c1-4-20-17(14-7-5-11(2)9-12(14)3)15-10-13(19)6-8-16(15)18/h5-10,17,20H,4H2,1-3H3. The molecule has 0 aliphatic heterocycles. The van der Waals surface area contributed by atoms with Crippen LogP contribution in [0.5, 0.6) is 0 Å². The van der Waals surface area contributed by atoms with Crippen LogP contribution in [0.2, 0.25) is 0 Å². The molecule has 0 heterocycles. The molecule has 0 radical (unpaired) electrons. The van der Waals surface area contributed by atoms with Gasteiger partial charge >= 0.3 is 0 Å². The largest absolute Gasteiger partial charge is 0.306 e. The Balaban J connectivity index is 2.53. The Kier molecular flexibility index (Phi) is 4.95. The zero-order valence-corrected chi connectivity index (χ0v) is 13.6. The molecule has 0 aromatic heterocycles. The molecule has 0 aliphatic carbocycles. The van der Waals surface area contributed by atoms with E-state index in [1.54, 1.807) is 12.1 Å². The highest BCUT2D eigenvalue weighted by atomic mass is 79.9. The normalized spacial score (nSPS) is 12.4. The summed E-state index contributed by atoms with van der Waals surface area (Å²) in [6, 6.07) is 11.2. The molecule has 1 N–H and O–H groups in total. The summed E-state index contributed by atoms with van der Waals surface area (Å²) in [5.41, 5.74) is 4.56. The van der Waals surface area contributed by atoms with Crippen LogP contribution in [0.15, 0.2) is 40.9 Å². The van der Waals surface area contributed by atoms with E-state index in [1.165, 1.54) is 22.8 Å². The Morgan fingerprint density at radius 3 is 2.50 bits per heavy atom. The molecule has 20 heavy (non-hydrogen) atoms. The van der Waals surface area contributed by atoms with Gasteiger partial charge in [0.25, 0.3) is 0 Å². The fourth-order valence-electron chi connectivity index (χ4n) is 2.48. The fraction of sp³-hybridized carbons (Fsp3) is 0.294. The molecule has 0 saturated carbocycles. The lowest BCUT2D eigenvalue weighted by Gasteiger charge is -2.22. The highest BCUT2D eigenvalue weighted by Crippen LogP contribution is 2.31. The molecule has 1 atom stereocenters. The molecule has 0 aliphatic rings. The topological polar surface area (TPSA) is 12.0 Å². The average Bonchev–Trinajstić information content (AvgIpc) is 2.40. The van der Waals surface area contributed by atoms with Gasteiger partial charge in [0, 0.05) is 4.47 Å². The lowest BCUT2D eigenvalue weighted by molar-refractivity contribution is 0.600. The lowest BCUT2D eigenvalue weighted by Crippen LogP contribution is -2.23. The summed E-state index contributed by atoms with van der Waals surface area (Å²) in [6.07, 6.45) is 0. The molecule has 0 saturated heterocycles. The number of hydrogen-bond donors (Lipinski definition) is 1. The van der Waals surface area contributed by atoms with Gasteiger partial charge in [-0.2, -0.15) is 0 Å². The van der Waals surface area contributed by atoms with Crippen molar-refractivity contribution in [2.24, 2.45) is 0 Å². The van der Waals surface area contributed by atoms with E-state index >= 15 is 0 Å². The van der Waals surface area contributed by atoms with E-state index in [0.717, 1.165) is 16.6 Å². The summed E-state index contributed by atoms with van der Waals surface area (Å²) in [5.74, 6) is -0.212. The van der Waals surface area contributed by atoms with Crippen LogP contribution < -0.4 is 5.32 Å². The summed E-state index contributed by atoms with van der Waals surface area (Å²) >= 11 is 3.53. The van der Waals surface area contributed by atoms with Crippen molar-refractivity contribution >= 4 is 15.9 Å². The van der Waals surface area contributed by atoms with Crippen molar-refractivity contribution in [3.63, 3.8) is 0 Å². The second-order valence-corrected chi connectivity index (χ2v) is 5.87. The van der Waals surface area contributed by atoms with Crippen LogP contribution in [0.25, 0.3) is 0 Å².